The van der Waals surface area contributed by atoms with E-state index in [1.54, 1.807) is 4.90 Å². The molecule has 5 aliphatic rings. The van der Waals surface area contributed by atoms with Gasteiger partial charge in [-0.05, 0) is 31.2 Å². The second-order valence-electron chi connectivity index (χ2n) is 9.87. The van der Waals surface area contributed by atoms with E-state index in [0.717, 1.165) is 44.1 Å². The molecule has 7 nitrogen and oxygen atoms in total. The van der Waals surface area contributed by atoms with Gasteiger partial charge >= 0.3 is 0 Å². The minimum absolute atomic E-state index is 0.0749. The fraction of sp³-hybridized carbons (Fsp3) is 0.560. The number of benzene rings is 1. The highest BCUT2D eigenvalue weighted by Crippen LogP contribution is 2.57. The Morgan fingerprint density at radius 1 is 1.06 bits per heavy atom. The van der Waals surface area contributed by atoms with E-state index in [-0.39, 0.29) is 29.8 Å². The molecule has 3 aliphatic heterocycles. The first kappa shape index (κ1) is 20.0. The molecular formula is C25H29N3O4. The third kappa shape index (κ3) is 3.01. The Bertz CT molecular complexity index is 969. The highest BCUT2D eigenvalue weighted by molar-refractivity contribution is 6.00. The molecule has 1 aromatic carbocycles. The topological polar surface area (TPSA) is 87.7 Å². The van der Waals surface area contributed by atoms with Gasteiger partial charge < -0.3 is 20.3 Å². The molecule has 2 saturated heterocycles. The second-order valence-corrected chi connectivity index (χ2v) is 9.87. The van der Waals surface area contributed by atoms with Gasteiger partial charge in [0.25, 0.3) is 0 Å². The zero-order valence-electron chi connectivity index (χ0n) is 18.0. The standard InChI is InChI=1S/C25H29N3O4/c29-22(26-14-15-6-2-1-3-7-15)19-18-12-13-25(32-18)20(19)24(31)28(17-10-11-17)21(25)23(30)27-16-8-4-5-9-16/h1-3,6-7,12-13,16-21H,4-5,8-11,14H2,(H,26,29)(H,27,30)/t18-,19-,20-,21+,25-/m0/s1. The van der Waals surface area contributed by atoms with Gasteiger partial charge in [-0.15, -0.1) is 0 Å². The van der Waals surface area contributed by atoms with Crippen LogP contribution in [0.2, 0.25) is 0 Å². The minimum Gasteiger partial charge on any atom is -0.359 e. The summed E-state index contributed by atoms with van der Waals surface area (Å²) in [5.41, 5.74) is -0.0386. The maximum Gasteiger partial charge on any atom is 0.246 e. The van der Waals surface area contributed by atoms with Crippen LogP contribution in [-0.4, -0.2) is 52.5 Å². The van der Waals surface area contributed by atoms with Crippen LogP contribution >= 0.6 is 0 Å². The van der Waals surface area contributed by atoms with Crippen LogP contribution in [0.5, 0.6) is 0 Å². The van der Waals surface area contributed by atoms with Crippen molar-refractivity contribution in [1.29, 1.82) is 0 Å². The molecule has 2 saturated carbocycles. The summed E-state index contributed by atoms with van der Waals surface area (Å²) in [6.07, 6.45) is 9.31. The first-order valence-corrected chi connectivity index (χ1v) is 11.9. The van der Waals surface area contributed by atoms with Crippen molar-refractivity contribution in [3.63, 3.8) is 0 Å². The van der Waals surface area contributed by atoms with Gasteiger partial charge in [-0.25, -0.2) is 0 Å². The summed E-state index contributed by atoms with van der Waals surface area (Å²) in [5.74, 6) is -1.67. The van der Waals surface area contributed by atoms with Crippen molar-refractivity contribution in [2.24, 2.45) is 11.8 Å². The van der Waals surface area contributed by atoms with E-state index in [4.69, 9.17) is 4.74 Å². The van der Waals surface area contributed by atoms with Crippen molar-refractivity contribution in [3.8, 4) is 0 Å². The molecule has 2 aliphatic carbocycles. The van der Waals surface area contributed by atoms with Crippen LogP contribution < -0.4 is 10.6 Å². The molecule has 3 heterocycles. The van der Waals surface area contributed by atoms with Crippen LogP contribution in [0.1, 0.15) is 44.1 Å². The number of likely N-dealkylation sites (tertiary alicyclic amines) is 1. The van der Waals surface area contributed by atoms with Gasteiger partial charge in [-0.2, -0.15) is 0 Å². The minimum atomic E-state index is -1.04. The largest absolute Gasteiger partial charge is 0.359 e. The zero-order valence-corrected chi connectivity index (χ0v) is 18.0. The lowest BCUT2D eigenvalue weighted by atomic mass is 9.74. The van der Waals surface area contributed by atoms with E-state index in [2.05, 4.69) is 10.6 Å². The van der Waals surface area contributed by atoms with Crippen LogP contribution in [0.15, 0.2) is 42.5 Å². The monoisotopic (exact) mass is 435 g/mol. The van der Waals surface area contributed by atoms with E-state index in [1.807, 2.05) is 42.5 Å². The predicted octanol–water partition coefficient (Wildman–Crippen LogP) is 1.67. The number of rotatable bonds is 6. The molecule has 0 unspecified atom stereocenters. The van der Waals surface area contributed by atoms with E-state index in [9.17, 15) is 14.4 Å². The Labute approximate surface area is 187 Å². The van der Waals surface area contributed by atoms with Crippen molar-refractivity contribution in [3.05, 3.63) is 48.0 Å². The zero-order chi connectivity index (χ0) is 21.9. The number of carbonyl (C=O) groups excluding carboxylic acids is 3. The van der Waals surface area contributed by atoms with Gasteiger partial charge in [0, 0.05) is 18.6 Å². The van der Waals surface area contributed by atoms with Crippen molar-refractivity contribution in [1.82, 2.24) is 15.5 Å². The van der Waals surface area contributed by atoms with E-state index in [1.165, 1.54) is 0 Å². The number of fused-ring (bicyclic) bond motifs is 1. The number of hydrogen-bond acceptors (Lipinski definition) is 4. The fourth-order valence-corrected chi connectivity index (χ4v) is 6.21. The number of ether oxygens (including phenoxy) is 1. The molecule has 32 heavy (non-hydrogen) atoms. The normalized spacial score (nSPS) is 35.4. The van der Waals surface area contributed by atoms with Crippen LogP contribution in [0.3, 0.4) is 0 Å². The molecular weight excluding hydrogens is 406 g/mol. The highest BCUT2D eigenvalue weighted by atomic mass is 16.5. The molecule has 2 N–H and O–H groups in total. The van der Waals surface area contributed by atoms with Crippen molar-refractivity contribution in [2.45, 2.75) is 74.9 Å². The highest BCUT2D eigenvalue weighted by Gasteiger charge is 2.74. The van der Waals surface area contributed by atoms with Gasteiger partial charge in [0.05, 0.1) is 17.9 Å². The Morgan fingerprint density at radius 2 is 1.81 bits per heavy atom. The van der Waals surface area contributed by atoms with E-state index < -0.39 is 29.6 Å². The smallest absolute Gasteiger partial charge is 0.246 e. The van der Waals surface area contributed by atoms with Gasteiger partial charge in [0.2, 0.25) is 17.7 Å². The third-order valence-electron chi connectivity index (χ3n) is 7.81. The summed E-state index contributed by atoms with van der Waals surface area (Å²) >= 11 is 0. The lowest BCUT2D eigenvalue weighted by molar-refractivity contribution is -0.142. The molecule has 5 atom stereocenters. The van der Waals surface area contributed by atoms with E-state index >= 15 is 0 Å². The molecule has 168 valence electrons. The van der Waals surface area contributed by atoms with Crippen molar-refractivity contribution in [2.75, 3.05) is 0 Å². The number of amides is 3. The average molecular weight is 436 g/mol. The Kier molecular flexibility index (Phi) is 4.64. The molecule has 7 heteroatoms. The summed E-state index contributed by atoms with van der Waals surface area (Å²) in [6.45, 7) is 0.401. The van der Waals surface area contributed by atoms with Crippen LogP contribution in [-0.2, 0) is 25.7 Å². The summed E-state index contributed by atoms with van der Waals surface area (Å²) in [4.78, 5) is 42.1. The molecule has 1 spiro atoms. The molecule has 3 amide bonds. The summed E-state index contributed by atoms with van der Waals surface area (Å²) < 4.78 is 6.35. The first-order valence-electron chi connectivity index (χ1n) is 11.9. The lowest BCUT2D eigenvalue weighted by Gasteiger charge is -2.33. The Hall–Kier alpha value is -2.67. The van der Waals surface area contributed by atoms with Crippen LogP contribution in [0.4, 0.5) is 0 Å². The van der Waals surface area contributed by atoms with Gasteiger partial charge in [0.15, 0.2) is 0 Å². The molecule has 1 aromatic rings. The first-order chi connectivity index (χ1) is 15.6. The molecule has 2 bridgehead atoms. The van der Waals surface area contributed by atoms with Crippen LogP contribution in [0.25, 0.3) is 0 Å². The molecule has 6 rings (SSSR count). The Morgan fingerprint density at radius 3 is 2.53 bits per heavy atom. The maximum atomic E-state index is 13.6. The lowest BCUT2D eigenvalue weighted by Crippen LogP contribution is -2.56. The van der Waals surface area contributed by atoms with Gasteiger partial charge in [0.1, 0.15) is 11.6 Å². The van der Waals surface area contributed by atoms with Gasteiger partial charge in [-0.3, -0.25) is 14.4 Å². The van der Waals surface area contributed by atoms with Gasteiger partial charge in [-0.1, -0.05) is 55.3 Å². The molecule has 4 fully saturated rings. The maximum absolute atomic E-state index is 13.6. The number of hydrogen-bond donors (Lipinski definition) is 2. The molecule has 0 aromatic heterocycles. The quantitative estimate of drug-likeness (QED) is 0.666. The molecule has 0 radical (unpaired) electrons. The predicted molar refractivity (Wildman–Crippen MR) is 116 cm³/mol. The number of nitrogens with zero attached hydrogens (tertiary/aromatic N) is 1. The van der Waals surface area contributed by atoms with Crippen molar-refractivity contribution >= 4 is 17.7 Å². The SMILES string of the molecule is O=C(NCc1ccccc1)[C@H]1[C@@H]2C=C[C@]3(O2)[C@@H]1C(=O)N(C1CC1)[C@@H]3C(=O)NC1CCCC1. The average Bonchev–Trinajstić information content (AvgIpc) is 3.13. The summed E-state index contributed by atoms with van der Waals surface area (Å²) in [7, 11) is 0. The Balaban J connectivity index is 1.26. The summed E-state index contributed by atoms with van der Waals surface area (Å²) in [6, 6.07) is 9.26. The number of carbonyl (C=O) groups is 3. The third-order valence-corrected chi connectivity index (χ3v) is 7.81. The van der Waals surface area contributed by atoms with Crippen LogP contribution in [0, 0.1) is 11.8 Å². The second kappa shape index (κ2) is 7.44. The van der Waals surface area contributed by atoms with Crippen molar-refractivity contribution < 1.29 is 19.1 Å². The fourth-order valence-electron chi connectivity index (χ4n) is 6.21. The number of nitrogens with one attached hydrogen (secondary N) is 2. The van der Waals surface area contributed by atoms with E-state index in [0.29, 0.717) is 6.54 Å². The summed E-state index contributed by atoms with van der Waals surface area (Å²) in [5, 5.41) is 6.18.